The Kier molecular flexibility index (Phi) is 6.86. The number of aromatic nitrogens is 2. The van der Waals surface area contributed by atoms with Crippen molar-refractivity contribution in [2.45, 2.75) is 31.7 Å². The molecular weight excluding hydrogens is 376 g/mol. The average molecular weight is 403 g/mol. The first-order chi connectivity index (χ1) is 13.5. The zero-order valence-electron chi connectivity index (χ0n) is 16.7. The molecule has 1 amide bonds. The first kappa shape index (κ1) is 20.6. The molecule has 1 aliphatic rings. The van der Waals surface area contributed by atoms with Crippen molar-refractivity contribution in [2.75, 3.05) is 39.3 Å². The van der Waals surface area contributed by atoms with Gasteiger partial charge in [0.05, 0.1) is 24.8 Å². The summed E-state index contributed by atoms with van der Waals surface area (Å²) < 4.78 is 5.11. The Morgan fingerprint density at radius 3 is 2.89 bits per heavy atom. The van der Waals surface area contributed by atoms with E-state index in [4.69, 9.17) is 21.3 Å². The zero-order chi connectivity index (χ0) is 20.1. The molecule has 0 saturated carbocycles. The highest BCUT2D eigenvalue weighted by Crippen LogP contribution is 2.37. The maximum atomic E-state index is 12.8. The van der Waals surface area contributed by atoms with Gasteiger partial charge >= 0.3 is 0 Å². The van der Waals surface area contributed by atoms with Crippen LogP contribution in [0.2, 0.25) is 5.02 Å². The van der Waals surface area contributed by atoms with Crippen molar-refractivity contribution in [1.82, 2.24) is 14.9 Å². The van der Waals surface area contributed by atoms with E-state index in [0.717, 1.165) is 42.6 Å². The van der Waals surface area contributed by atoms with Crippen molar-refractivity contribution in [1.29, 1.82) is 0 Å². The number of ether oxygens (including phenoxy) is 1. The van der Waals surface area contributed by atoms with Crippen LogP contribution < -0.4 is 4.90 Å². The fraction of sp³-hybridized carbons (Fsp3) is 0.476. The van der Waals surface area contributed by atoms with E-state index in [0.29, 0.717) is 24.0 Å². The SMILES string of the molecule is COCCC(=O)N1CCCC[C@H]1c1nc(N(C)C)ncc1-c1cccc(Cl)c1. The van der Waals surface area contributed by atoms with E-state index in [2.05, 4.69) is 4.98 Å². The van der Waals surface area contributed by atoms with Crippen molar-refractivity contribution in [3.63, 3.8) is 0 Å². The number of anilines is 1. The molecule has 3 rings (SSSR count). The number of piperidine rings is 1. The van der Waals surface area contributed by atoms with E-state index in [1.807, 2.05) is 54.4 Å². The molecule has 0 N–H and O–H groups in total. The van der Waals surface area contributed by atoms with Gasteiger partial charge in [0, 0.05) is 44.5 Å². The van der Waals surface area contributed by atoms with Gasteiger partial charge in [0.15, 0.2) is 0 Å². The highest BCUT2D eigenvalue weighted by molar-refractivity contribution is 6.30. The van der Waals surface area contributed by atoms with Crippen LogP contribution in [0.5, 0.6) is 0 Å². The highest BCUT2D eigenvalue weighted by atomic mass is 35.5. The third-order valence-electron chi connectivity index (χ3n) is 5.00. The van der Waals surface area contributed by atoms with E-state index in [1.54, 1.807) is 7.11 Å². The van der Waals surface area contributed by atoms with Gasteiger partial charge < -0.3 is 14.5 Å². The number of hydrogen-bond acceptors (Lipinski definition) is 5. The molecule has 0 aliphatic carbocycles. The lowest BCUT2D eigenvalue weighted by atomic mass is 9.93. The molecule has 1 aliphatic heterocycles. The summed E-state index contributed by atoms with van der Waals surface area (Å²) in [5, 5.41) is 0.664. The number of carbonyl (C=O) groups excluding carboxylic acids is 1. The fourth-order valence-electron chi connectivity index (χ4n) is 3.58. The fourth-order valence-corrected chi connectivity index (χ4v) is 3.77. The maximum absolute atomic E-state index is 12.8. The summed E-state index contributed by atoms with van der Waals surface area (Å²) in [7, 11) is 5.45. The lowest BCUT2D eigenvalue weighted by Gasteiger charge is -2.36. The van der Waals surface area contributed by atoms with Crippen LogP contribution in [0.1, 0.15) is 37.4 Å². The van der Waals surface area contributed by atoms with E-state index >= 15 is 0 Å². The molecule has 7 heteroatoms. The highest BCUT2D eigenvalue weighted by Gasteiger charge is 2.31. The second kappa shape index (κ2) is 9.34. The summed E-state index contributed by atoms with van der Waals surface area (Å²) in [6, 6.07) is 7.61. The molecule has 6 nitrogen and oxygen atoms in total. The molecule has 1 aromatic carbocycles. The standard InChI is InChI=1S/C21H27ClN4O2/c1-25(2)21-23-14-17(15-7-6-8-16(22)13-15)20(24-21)18-9-4-5-11-26(18)19(27)10-12-28-3/h6-8,13-14,18H,4-5,9-12H2,1-3H3/t18-/m0/s1. The van der Waals surface area contributed by atoms with Crippen LogP contribution in [0.25, 0.3) is 11.1 Å². The number of nitrogens with zero attached hydrogens (tertiary/aromatic N) is 4. The third-order valence-corrected chi connectivity index (χ3v) is 5.24. The van der Waals surface area contributed by atoms with Crippen LogP contribution in [-0.4, -0.2) is 55.1 Å². The van der Waals surface area contributed by atoms with Gasteiger partial charge in [-0.1, -0.05) is 23.7 Å². The van der Waals surface area contributed by atoms with E-state index in [-0.39, 0.29) is 11.9 Å². The molecule has 150 valence electrons. The Morgan fingerprint density at radius 1 is 1.36 bits per heavy atom. The van der Waals surface area contributed by atoms with Crippen molar-refractivity contribution in [3.05, 3.63) is 41.2 Å². The second-order valence-electron chi connectivity index (χ2n) is 7.22. The molecule has 0 bridgehead atoms. The predicted octanol–water partition coefficient (Wildman–Crippen LogP) is 3.95. The number of methoxy groups -OCH3 is 1. The van der Waals surface area contributed by atoms with Gasteiger partial charge in [-0.05, 0) is 37.0 Å². The Labute approximate surface area is 171 Å². The number of carbonyl (C=O) groups is 1. The monoisotopic (exact) mass is 402 g/mol. The molecule has 1 fully saturated rings. The number of rotatable bonds is 6. The first-order valence-corrected chi connectivity index (χ1v) is 9.97. The molecule has 1 saturated heterocycles. The normalized spacial score (nSPS) is 16.9. The Bertz CT molecular complexity index is 828. The molecule has 0 spiro atoms. The number of amides is 1. The van der Waals surface area contributed by atoms with Crippen molar-refractivity contribution in [2.24, 2.45) is 0 Å². The summed E-state index contributed by atoms with van der Waals surface area (Å²) in [5.74, 6) is 0.740. The maximum Gasteiger partial charge on any atom is 0.225 e. The minimum absolute atomic E-state index is 0.0752. The van der Waals surface area contributed by atoms with Crippen molar-refractivity contribution < 1.29 is 9.53 Å². The van der Waals surface area contributed by atoms with Gasteiger partial charge in [-0.25, -0.2) is 9.97 Å². The van der Waals surface area contributed by atoms with Gasteiger partial charge in [-0.3, -0.25) is 4.79 Å². The van der Waals surface area contributed by atoms with Crippen LogP contribution in [-0.2, 0) is 9.53 Å². The van der Waals surface area contributed by atoms with Crippen LogP contribution in [0.15, 0.2) is 30.5 Å². The summed E-state index contributed by atoms with van der Waals surface area (Å²) >= 11 is 6.22. The quantitative estimate of drug-likeness (QED) is 0.732. The summed E-state index contributed by atoms with van der Waals surface area (Å²) in [5.41, 5.74) is 2.76. The average Bonchev–Trinajstić information content (AvgIpc) is 2.71. The van der Waals surface area contributed by atoms with Crippen LogP contribution in [0.3, 0.4) is 0 Å². The Balaban J connectivity index is 2.05. The summed E-state index contributed by atoms with van der Waals surface area (Å²) in [6.45, 7) is 1.17. The second-order valence-corrected chi connectivity index (χ2v) is 7.65. The number of hydrogen-bond donors (Lipinski definition) is 0. The molecule has 28 heavy (non-hydrogen) atoms. The number of halogens is 1. The van der Waals surface area contributed by atoms with Crippen LogP contribution in [0.4, 0.5) is 5.95 Å². The molecule has 1 atom stereocenters. The molecule has 0 radical (unpaired) electrons. The number of benzene rings is 1. The molecule has 2 heterocycles. The van der Waals surface area contributed by atoms with Gasteiger partial charge in [0.1, 0.15) is 0 Å². The van der Waals surface area contributed by atoms with Gasteiger partial charge in [0.2, 0.25) is 11.9 Å². The first-order valence-electron chi connectivity index (χ1n) is 9.60. The Morgan fingerprint density at radius 2 is 2.18 bits per heavy atom. The number of likely N-dealkylation sites (tertiary alicyclic amines) is 1. The lowest BCUT2D eigenvalue weighted by molar-refractivity contribution is -0.136. The van der Waals surface area contributed by atoms with Crippen molar-refractivity contribution in [3.8, 4) is 11.1 Å². The molecule has 2 aromatic rings. The topological polar surface area (TPSA) is 58.6 Å². The predicted molar refractivity (Wildman–Crippen MR) is 112 cm³/mol. The lowest BCUT2D eigenvalue weighted by Crippen LogP contribution is -2.39. The minimum Gasteiger partial charge on any atom is -0.384 e. The summed E-state index contributed by atoms with van der Waals surface area (Å²) in [4.78, 5) is 26.0. The van der Waals surface area contributed by atoms with E-state index < -0.39 is 0 Å². The molecular formula is C21H27ClN4O2. The zero-order valence-corrected chi connectivity index (χ0v) is 17.4. The largest absolute Gasteiger partial charge is 0.384 e. The van der Waals surface area contributed by atoms with Crippen LogP contribution in [0, 0.1) is 0 Å². The molecule has 0 unspecified atom stereocenters. The van der Waals surface area contributed by atoms with Gasteiger partial charge in [-0.2, -0.15) is 0 Å². The minimum atomic E-state index is -0.0752. The third kappa shape index (κ3) is 4.62. The van der Waals surface area contributed by atoms with Crippen LogP contribution >= 0.6 is 11.6 Å². The summed E-state index contributed by atoms with van der Waals surface area (Å²) in [6.07, 6.45) is 5.18. The van der Waals surface area contributed by atoms with Gasteiger partial charge in [-0.15, -0.1) is 0 Å². The van der Waals surface area contributed by atoms with E-state index in [1.165, 1.54) is 0 Å². The smallest absolute Gasteiger partial charge is 0.225 e. The van der Waals surface area contributed by atoms with Gasteiger partial charge in [0.25, 0.3) is 0 Å². The van der Waals surface area contributed by atoms with Crippen molar-refractivity contribution >= 4 is 23.5 Å². The Hall–Kier alpha value is -2.18. The van der Waals surface area contributed by atoms with E-state index in [9.17, 15) is 4.79 Å². The molecule has 1 aromatic heterocycles.